The van der Waals surface area contributed by atoms with Gasteiger partial charge in [-0.2, -0.15) is 0 Å². The molecule has 2 rings (SSSR count). The quantitative estimate of drug-likeness (QED) is 0.918. The zero-order chi connectivity index (χ0) is 14.0. The van der Waals surface area contributed by atoms with Crippen LogP contribution in [0.2, 0.25) is 0 Å². The van der Waals surface area contributed by atoms with Gasteiger partial charge in [0, 0.05) is 19.2 Å². The molecule has 2 aromatic rings. The summed E-state index contributed by atoms with van der Waals surface area (Å²) in [6.45, 7) is 7.81. The molecule has 0 unspecified atom stereocenters. The van der Waals surface area contributed by atoms with E-state index in [4.69, 9.17) is 5.73 Å². The molecule has 4 nitrogen and oxygen atoms in total. The molecule has 19 heavy (non-hydrogen) atoms. The lowest BCUT2D eigenvalue weighted by molar-refractivity contribution is 0.292. The molecule has 104 valence electrons. The van der Waals surface area contributed by atoms with Crippen LogP contribution in [0.1, 0.15) is 13.8 Å². The van der Waals surface area contributed by atoms with Gasteiger partial charge in [-0.15, -0.1) is 0 Å². The van der Waals surface area contributed by atoms with E-state index in [9.17, 15) is 4.39 Å². The summed E-state index contributed by atoms with van der Waals surface area (Å²) >= 11 is 3.16. The summed E-state index contributed by atoms with van der Waals surface area (Å²) in [5.41, 5.74) is 7.37. The molecule has 1 aromatic heterocycles. The molecule has 1 heterocycles. The van der Waals surface area contributed by atoms with E-state index >= 15 is 0 Å². The molecule has 0 saturated heterocycles. The highest BCUT2D eigenvalue weighted by molar-refractivity contribution is 9.10. The Morgan fingerprint density at radius 2 is 2.05 bits per heavy atom. The van der Waals surface area contributed by atoms with Crippen molar-refractivity contribution in [2.45, 2.75) is 20.4 Å². The number of nitrogens with zero attached hydrogens (tertiary/aromatic N) is 3. The third-order valence-corrected chi connectivity index (χ3v) is 3.96. The van der Waals surface area contributed by atoms with E-state index in [1.165, 1.54) is 6.07 Å². The molecule has 6 heteroatoms. The van der Waals surface area contributed by atoms with Crippen molar-refractivity contribution in [3.05, 3.63) is 22.4 Å². The molecule has 0 radical (unpaired) electrons. The number of hydrogen-bond donors (Lipinski definition) is 1. The van der Waals surface area contributed by atoms with Crippen LogP contribution >= 0.6 is 15.9 Å². The summed E-state index contributed by atoms with van der Waals surface area (Å²) in [6.07, 6.45) is 0. The first-order valence-corrected chi connectivity index (χ1v) is 7.19. The maximum atomic E-state index is 13.6. The van der Waals surface area contributed by atoms with Crippen LogP contribution in [-0.4, -0.2) is 34.1 Å². The largest absolute Gasteiger partial charge is 0.369 e. The van der Waals surface area contributed by atoms with Gasteiger partial charge < -0.3 is 15.2 Å². The lowest BCUT2D eigenvalue weighted by Crippen LogP contribution is -2.27. The van der Waals surface area contributed by atoms with Crippen molar-refractivity contribution in [1.82, 2.24) is 14.5 Å². The average molecular weight is 329 g/mol. The molecule has 0 bridgehead atoms. The van der Waals surface area contributed by atoms with Gasteiger partial charge >= 0.3 is 0 Å². The van der Waals surface area contributed by atoms with Crippen LogP contribution < -0.4 is 5.73 Å². The molecule has 0 aliphatic heterocycles. The summed E-state index contributed by atoms with van der Waals surface area (Å²) in [5.74, 6) is 0.135. The second-order valence-electron chi connectivity index (χ2n) is 4.40. The number of imidazole rings is 1. The number of nitrogen functional groups attached to an aromatic ring is 1. The van der Waals surface area contributed by atoms with E-state index in [0.717, 1.165) is 25.2 Å². The Kier molecular flexibility index (Phi) is 4.42. The molecule has 0 aliphatic rings. The molecule has 0 fully saturated rings. The number of nitrogens with two attached hydrogens (primary N) is 1. The van der Waals surface area contributed by atoms with E-state index in [0.29, 0.717) is 22.5 Å². The van der Waals surface area contributed by atoms with E-state index in [1.807, 2.05) is 4.57 Å². The van der Waals surface area contributed by atoms with Gasteiger partial charge in [0.1, 0.15) is 5.82 Å². The summed E-state index contributed by atoms with van der Waals surface area (Å²) in [5, 5.41) is 0. The lowest BCUT2D eigenvalue weighted by Gasteiger charge is -2.18. The van der Waals surface area contributed by atoms with E-state index < -0.39 is 0 Å². The Bertz CT molecular complexity index is 578. The van der Waals surface area contributed by atoms with Gasteiger partial charge in [0.25, 0.3) is 0 Å². The lowest BCUT2D eigenvalue weighted by atomic mass is 10.3. The number of hydrogen-bond acceptors (Lipinski definition) is 3. The first-order chi connectivity index (χ1) is 9.06. The number of anilines is 1. The summed E-state index contributed by atoms with van der Waals surface area (Å²) in [4.78, 5) is 6.56. The SMILES string of the molecule is CCN(CC)CCn1c(N)nc2cc(Br)c(F)cc21. The van der Waals surface area contributed by atoms with Crippen LogP contribution in [0.5, 0.6) is 0 Å². The Hall–Kier alpha value is -1.14. The molecule has 1 aromatic carbocycles. The second kappa shape index (κ2) is 5.88. The van der Waals surface area contributed by atoms with Gasteiger partial charge in [0.15, 0.2) is 0 Å². The van der Waals surface area contributed by atoms with Crippen molar-refractivity contribution in [3.63, 3.8) is 0 Å². The highest BCUT2D eigenvalue weighted by atomic mass is 79.9. The Morgan fingerprint density at radius 3 is 2.68 bits per heavy atom. The van der Waals surface area contributed by atoms with Gasteiger partial charge in [-0.05, 0) is 35.1 Å². The molecular formula is C13H18BrFN4. The minimum absolute atomic E-state index is 0.295. The zero-order valence-electron chi connectivity index (χ0n) is 11.2. The van der Waals surface area contributed by atoms with Crippen LogP contribution in [-0.2, 0) is 6.54 Å². The normalized spacial score (nSPS) is 11.6. The number of rotatable bonds is 5. The van der Waals surface area contributed by atoms with Crippen molar-refractivity contribution in [1.29, 1.82) is 0 Å². The first-order valence-electron chi connectivity index (χ1n) is 6.39. The predicted octanol–water partition coefficient (Wildman–Crippen LogP) is 2.86. The number of fused-ring (bicyclic) bond motifs is 1. The van der Waals surface area contributed by atoms with Crippen LogP contribution in [0.3, 0.4) is 0 Å². The number of aromatic nitrogens is 2. The molecule has 0 atom stereocenters. The van der Waals surface area contributed by atoms with Gasteiger partial charge in [-0.1, -0.05) is 13.8 Å². The highest BCUT2D eigenvalue weighted by Crippen LogP contribution is 2.24. The third-order valence-electron chi connectivity index (χ3n) is 3.35. The monoisotopic (exact) mass is 328 g/mol. The van der Waals surface area contributed by atoms with Crippen LogP contribution in [0, 0.1) is 5.82 Å². The van der Waals surface area contributed by atoms with Crippen LogP contribution in [0.25, 0.3) is 11.0 Å². The van der Waals surface area contributed by atoms with E-state index in [2.05, 4.69) is 39.7 Å². The topological polar surface area (TPSA) is 47.1 Å². The fraction of sp³-hybridized carbons (Fsp3) is 0.462. The van der Waals surface area contributed by atoms with Crippen molar-refractivity contribution < 1.29 is 4.39 Å². The third kappa shape index (κ3) is 2.90. The molecule has 0 spiro atoms. The maximum Gasteiger partial charge on any atom is 0.201 e. The van der Waals surface area contributed by atoms with Crippen molar-refractivity contribution >= 4 is 32.9 Å². The van der Waals surface area contributed by atoms with Crippen molar-refractivity contribution in [2.24, 2.45) is 0 Å². The van der Waals surface area contributed by atoms with Gasteiger partial charge in [-0.25, -0.2) is 9.37 Å². The fourth-order valence-corrected chi connectivity index (χ4v) is 2.49. The Labute approximate surface area is 120 Å². The van der Waals surface area contributed by atoms with Crippen LogP contribution in [0.4, 0.5) is 10.3 Å². The van der Waals surface area contributed by atoms with Crippen molar-refractivity contribution in [3.8, 4) is 0 Å². The number of halogens is 2. The standard InChI is InChI=1S/C13H18BrFN4/c1-3-18(4-2)5-6-19-12-8-10(15)9(14)7-11(12)17-13(19)16/h7-8H,3-6H2,1-2H3,(H2,16,17). The number of benzene rings is 1. The summed E-state index contributed by atoms with van der Waals surface area (Å²) < 4.78 is 15.9. The molecule has 0 aliphatic carbocycles. The number of likely N-dealkylation sites (N-methyl/N-ethyl adjacent to an activating group) is 1. The Morgan fingerprint density at radius 1 is 1.37 bits per heavy atom. The first kappa shape index (κ1) is 14.3. The minimum atomic E-state index is -0.295. The second-order valence-corrected chi connectivity index (χ2v) is 5.26. The van der Waals surface area contributed by atoms with E-state index in [-0.39, 0.29) is 5.82 Å². The fourth-order valence-electron chi connectivity index (χ4n) is 2.16. The molecule has 0 amide bonds. The Balaban J connectivity index is 2.32. The highest BCUT2D eigenvalue weighted by Gasteiger charge is 2.12. The maximum absolute atomic E-state index is 13.6. The summed E-state index contributed by atoms with van der Waals surface area (Å²) in [6, 6.07) is 3.14. The molecule has 0 saturated carbocycles. The minimum Gasteiger partial charge on any atom is -0.369 e. The summed E-state index contributed by atoms with van der Waals surface area (Å²) in [7, 11) is 0. The van der Waals surface area contributed by atoms with Gasteiger partial charge in [0.05, 0.1) is 15.5 Å². The molecule has 2 N–H and O–H groups in total. The predicted molar refractivity (Wildman–Crippen MR) is 79.6 cm³/mol. The van der Waals surface area contributed by atoms with Crippen molar-refractivity contribution in [2.75, 3.05) is 25.4 Å². The smallest absolute Gasteiger partial charge is 0.201 e. The van der Waals surface area contributed by atoms with Gasteiger partial charge in [-0.3, -0.25) is 0 Å². The average Bonchev–Trinajstić information content (AvgIpc) is 2.67. The van der Waals surface area contributed by atoms with Crippen LogP contribution in [0.15, 0.2) is 16.6 Å². The van der Waals surface area contributed by atoms with E-state index in [1.54, 1.807) is 6.07 Å². The zero-order valence-corrected chi connectivity index (χ0v) is 12.7. The molecular weight excluding hydrogens is 311 g/mol. The van der Waals surface area contributed by atoms with Gasteiger partial charge in [0.2, 0.25) is 5.95 Å².